The van der Waals surface area contributed by atoms with Crippen LogP contribution in [-0.4, -0.2) is 17.6 Å². The van der Waals surface area contributed by atoms with Crippen LogP contribution in [0.15, 0.2) is 88.7 Å². The zero-order valence-corrected chi connectivity index (χ0v) is 21.7. The van der Waals surface area contributed by atoms with Crippen molar-refractivity contribution in [3.8, 4) is 5.75 Å². The predicted octanol–water partition coefficient (Wildman–Crippen LogP) is 7.08. The highest BCUT2D eigenvalue weighted by Crippen LogP contribution is 2.45. The van der Waals surface area contributed by atoms with Gasteiger partial charge in [-0.05, 0) is 54.5 Å². The molecule has 1 aliphatic heterocycles. The third-order valence-corrected chi connectivity index (χ3v) is 6.74. The van der Waals surface area contributed by atoms with Crippen LogP contribution in [0, 0.1) is 0 Å². The Morgan fingerprint density at radius 3 is 2.50 bits per heavy atom. The molecule has 1 atom stereocenters. The number of halogens is 2. The molecular weight excluding hydrogens is 540 g/mol. The quantitative estimate of drug-likeness (QED) is 0.264. The van der Waals surface area contributed by atoms with Gasteiger partial charge in [0.1, 0.15) is 11.1 Å². The lowest BCUT2D eigenvalue weighted by Crippen LogP contribution is -2.27. The van der Waals surface area contributed by atoms with Crippen LogP contribution in [0.25, 0.3) is 23.1 Å². The molecule has 180 valence electrons. The third kappa shape index (κ3) is 4.74. The van der Waals surface area contributed by atoms with Gasteiger partial charge >= 0.3 is 5.97 Å². The maximum Gasteiger partial charge on any atom is 0.340 e. The monoisotopic (exact) mass is 560 g/mol. The van der Waals surface area contributed by atoms with Crippen LogP contribution >= 0.6 is 27.5 Å². The van der Waals surface area contributed by atoms with Crippen LogP contribution in [0.5, 0.6) is 5.75 Å². The molecule has 1 aromatic heterocycles. The zero-order valence-electron chi connectivity index (χ0n) is 19.4. The Kier molecular flexibility index (Phi) is 6.81. The van der Waals surface area contributed by atoms with Crippen LogP contribution < -0.4 is 10.5 Å². The standard InChI is InChI=1S/C29H22BrClN2O3/c1-2-35-29(34)25-24(18-6-12-21(31)13-7-18)23-16-9-19-8-15-22(33-26(19)27(23)36-28(25)32)14-5-17-3-10-20(30)11-4-17/h3-16,24H,2,32H2,1H3/b14-5+. The minimum atomic E-state index is -0.514. The van der Waals surface area contributed by atoms with E-state index in [9.17, 15) is 4.79 Å². The van der Waals surface area contributed by atoms with Crippen LogP contribution in [0.1, 0.15) is 35.2 Å². The molecule has 0 aliphatic carbocycles. The van der Waals surface area contributed by atoms with Crippen molar-refractivity contribution in [3.05, 3.63) is 116 Å². The molecule has 2 N–H and O–H groups in total. The van der Waals surface area contributed by atoms with Gasteiger partial charge in [-0.2, -0.15) is 0 Å². The summed E-state index contributed by atoms with van der Waals surface area (Å²) in [5, 5.41) is 1.50. The summed E-state index contributed by atoms with van der Waals surface area (Å²) in [5.74, 6) is -0.471. The van der Waals surface area contributed by atoms with Gasteiger partial charge < -0.3 is 15.2 Å². The summed E-state index contributed by atoms with van der Waals surface area (Å²) in [4.78, 5) is 17.8. The second-order valence-electron chi connectivity index (χ2n) is 8.26. The number of esters is 1. The van der Waals surface area contributed by atoms with Crippen molar-refractivity contribution in [1.82, 2.24) is 4.98 Å². The minimum absolute atomic E-state index is 0.00556. The number of carbonyl (C=O) groups is 1. The van der Waals surface area contributed by atoms with E-state index in [0.717, 1.165) is 32.2 Å². The summed E-state index contributed by atoms with van der Waals surface area (Å²) in [6.07, 6.45) is 3.95. The number of benzene rings is 3. The molecule has 0 amide bonds. The zero-order chi connectivity index (χ0) is 25.2. The highest BCUT2D eigenvalue weighted by molar-refractivity contribution is 9.10. The van der Waals surface area contributed by atoms with E-state index in [0.29, 0.717) is 16.3 Å². The normalized spacial score (nSPS) is 15.1. The summed E-state index contributed by atoms with van der Waals surface area (Å²) in [6.45, 7) is 1.98. The number of nitrogens with zero attached hydrogens (tertiary/aromatic N) is 1. The first-order chi connectivity index (χ1) is 17.4. The highest BCUT2D eigenvalue weighted by Gasteiger charge is 2.36. The first kappa shape index (κ1) is 24.1. The van der Waals surface area contributed by atoms with Gasteiger partial charge in [-0.3, -0.25) is 0 Å². The van der Waals surface area contributed by atoms with Crippen LogP contribution in [0.2, 0.25) is 5.02 Å². The van der Waals surface area contributed by atoms with Gasteiger partial charge in [0.15, 0.2) is 5.75 Å². The summed E-state index contributed by atoms with van der Waals surface area (Å²) in [6, 6.07) is 23.2. The predicted molar refractivity (Wildman–Crippen MR) is 147 cm³/mol. The molecule has 7 heteroatoms. The van der Waals surface area contributed by atoms with Crippen molar-refractivity contribution in [2.24, 2.45) is 5.73 Å². The molecule has 0 saturated carbocycles. The Bertz CT molecular complexity index is 1510. The van der Waals surface area contributed by atoms with Gasteiger partial charge in [-0.25, -0.2) is 9.78 Å². The number of rotatable bonds is 5. The van der Waals surface area contributed by atoms with E-state index in [-0.39, 0.29) is 18.1 Å². The molecule has 0 radical (unpaired) electrons. The van der Waals surface area contributed by atoms with Gasteiger partial charge in [-0.1, -0.05) is 76.1 Å². The number of aromatic nitrogens is 1. The van der Waals surface area contributed by atoms with Gasteiger partial charge in [0.25, 0.3) is 0 Å². The number of hydrogen-bond acceptors (Lipinski definition) is 5. The molecule has 5 rings (SSSR count). The topological polar surface area (TPSA) is 74.4 Å². The number of carbonyl (C=O) groups excluding carboxylic acids is 1. The number of fused-ring (bicyclic) bond motifs is 3. The molecule has 0 fully saturated rings. The van der Waals surface area contributed by atoms with E-state index in [4.69, 9.17) is 31.8 Å². The Balaban J connectivity index is 1.63. The SMILES string of the molecule is CCOC(=O)C1=C(N)Oc2c(ccc3ccc(/C=C/c4ccc(Br)cc4)nc23)C1c1ccc(Cl)cc1. The molecule has 0 bridgehead atoms. The second kappa shape index (κ2) is 10.2. The van der Waals surface area contributed by atoms with Crippen molar-refractivity contribution in [2.75, 3.05) is 6.61 Å². The van der Waals surface area contributed by atoms with Gasteiger partial charge in [-0.15, -0.1) is 0 Å². The number of pyridine rings is 1. The first-order valence-electron chi connectivity index (χ1n) is 11.4. The lowest BCUT2D eigenvalue weighted by atomic mass is 9.82. The molecule has 2 heterocycles. The third-order valence-electron chi connectivity index (χ3n) is 5.96. The van der Waals surface area contributed by atoms with Crippen LogP contribution in [0.4, 0.5) is 0 Å². The molecule has 0 spiro atoms. The summed E-state index contributed by atoms with van der Waals surface area (Å²) < 4.78 is 12.4. The molecule has 1 aliphatic rings. The summed E-state index contributed by atoms with van der Waals surface area (Å²) in [7, 11) is 0. The Morgan fingerprint density at radius 1 is 1.06 bits per heavy atom. The van der Waals surface area contributed by atoms with Crippen LogP contribution in [0.3, 0.4) is 0 Å². The maximum atomic E-state index is 12.9. The Morgan fingerprint density at radius 2 is 1.78 bits per heavy atom. The average Bonchev–Trinajstić information content (AvgIpc) is 2.88. The van der Waals surface area contributed by atoms with E-state index in [1.807, 2.05) is 72.8 Å². The molecule has 5 nitrogen and oxygen atoms in total. The Hall–Kier alpha value is -3.61. The van der Waals surface area contributed by atoms with Crippen molar-refractivity contribution >= 4 is 56.6 Å². The number of nitrogens with two attached hydrogens (primary N) is 1. The fourth-order valence-corrected chi connectivity index (χ4v) is 4.66. The van der Waals surface area contributed by atoms with Gasteiger partial charge in [0.2, 0.25) is 5.88 Å². The number of hydrogen-bond donors (Lipinski definition) is 1. The van der Waals surface area contributed by atoms with E-state index in [2.05, 4.69) is 15.9 Å². The number of ether oxygens (including phenoxy) is 2. The van der Waals surface area contributed by atoms with Gasteiger partial charge in [0, 0.05) is 20.4 Å². The highest BCUT2D eigenvalue weighted by atomic mass is 79.9. The summed E-state index contributed by atoms with van der Waals surface area (Å²) >= 11 is 9.59. The molecule has 0 saturated heterocycles. The largest absolute Gasteiger partial charge is 0.462 e. The molecular formula is C29H22BrClN2O3. The maximum absolute atomic E-state index is 12.9. The van der Waals surface area contributed by atoms with E-state index in [1.54, 1.807) is 19.1 Å². The molecule has 4 aromatic rings. The molecule has 3 aromatic carbocycles. The smallest absolute Gasteiger partial charge is 0.340 e. The van der Waals surface area contributed by atoms with Gasteiger partial charge in [0.05, 0.1) is 18.2 Å². The Labute approximate surface area is 222 Å². The van der Waals surface area contributed by atoms with Crippen molar-refractivity contribution in [2.45, 2.75) is 12.8 Å². The van der Waals surface area contributed by atoms with Crippen LogP contribution in [-0.2, 0) is 9.53 Å². The van der Waals surface area contributed by atoms with E-state index < -0.39 is 11.9 Å². The lowest BCUT2D eigenvalue weighted by Gasteiger charge is -2.29. The van der Waals surface area contributed by atoms with E-state index in [1.165, 1.54) is 0 Å². The van der Waals surface area contributed by atoms with Crippen molar-refractivity contribution in [3.63, 3.8) is 0 Å². The summed E-state index contributed by atoms with van der Waals surface area (Å²) in [5.41, 5.74) is 10.7. The first-order valence-corrected chi connectivity index (χ1v) is 12.6. The molecule has 1 unspecified atom stereocenters. The minimum Gasteiger partial charge on any atom is -0.462 e. The molecule has 36 heavy (non-hydrogen) atoms. The second-order valence-corrected chi connectivity index (χ2v) is 9.61. The fourth-order valence-electron chi connectivity index (χ4n) is 4.27. The van der Waals surface area contributed by atoms with Crippen molar-refractivity contribution in [1.29, 1.82) is 0 Å². The van der Waals surface area contributed by atoms with Crippen molar-refractivity contribution < 1.29 is 14.3 Å². The lowest BCUT2D eigenvalue weighted by molar-refractivity contribution is -0.139. The fraction of sp³-hybridized carbons (Fsp3) is 0.103. The average molecular weight is 562 g/mol. The van der Waals surface area contributed by atoms with E-state index >= 15 is 0 Å².